The molecule has 33 heavy (non-hydrogen) atoms. The first-order valence-corrected chi connectivity index (χ1v) is 10.7. The molecule has 3 rings (SSSR count). The van der Waals surface area contributed by atoms with Crippen LogP contribution in [0.25, 0.3) is 0 Å². The van der Waals surface area contributed by atoms with Crippen LogP contribution in [0.1, 0.15) is 31.1 Å². The predicted octanol–water partition coefficient (Wildman–Crippen LogP) is 3.12. The van der Waals surface area contributed by atoms with Crippen LogP contribution < -0.4 is 10.1 Å². The largest absolute Gasteiger partial charge is 0.451 e. The molecule has 0 atom stereocenters. The zero-order valence-electron chi connectivity index (χ0n) is 18.9. The van der Waals surface area contributed by atoms with Crippen molar-refractivity contribution in [2.24, 2.45) is 0 Å². The predicted molar refractivity (Wildman–Crippen MR) is 118 cm³/mol. The van der Waals surface area contributed by atoms with E-state index in [2.05, 4.69) is 15.3 Å². The molecule has 0 radical (unpaired) electrons. The number of hydrogen-bond acceptors (Lipinski definition) is 8. The maximum absolute atomic E-state index is 14.0. The Morgan fingerprint density at radius 3 is 2.73 bits per heavy atom. The second-order valence-corrected chi connectivity index (χ2v) is 7.49. The van der Waals surface area contributed by atoms with E-state index < -0.39 is 11.9 Å². The molecule has 1 N–H and O–H groups in total. The average molecular weight is 461 g/mol. The molecule has 1 fully saturated rings. The molecular formula is C22H28FN5O5. The highest BCUT2D eigenvalue weighted by molar-refractivity contribution is 5.97. The maximum Gasteiger partial charge on any atom is 0.411 e. The van der Waals surface area contributed by atoms with Crippen LogP contribution in [0.15, 0.2) is 30.7 Å². The summed E-state index contributed by atoms with van der Waals surface area (Å²) in [6.45, 7) is 7.79. The molecule has 178 valence electrons. The lowest BCUT2D eigenvalue weighted by Crippen LogP contribution is -2.41. The number of anilines is 1. The standard InChI is InChI=1S/C22H28FN5O5/c1-4-28(15(2)3)21(29)17-11-16(23)5-6-18(17)33-19-12-24-13-25-20(19)26-14-32-22(30)27-7-9-31-10-8-27/h5-6,11-13,15H,4,7-10,14H2,1-3H3,(H,24,25,26). The van der Waals surface area contributed by atoms with E-state index in [1.54, 1.807) is 9.80 Å². The lowest BCUT2D eigenvalue weighted by atomic mass is 10.1. The Morgan fingerprint density at radius 1 is 1.27 bits per heavy atom. The van der Waals surface area contributed by atoms with Gasteiger partial charge in [-0.05, 0) is 39.0 Å². The zero-order chi connectivity index (χ0) is 23.8. The van der Waals surface area contributed by atoms with Crippen molar-refractivity contribution in [3.63, 3.8) is 0 Å². The van der Waals surface area contributed by atoms with Crippen molar-refractivity contribution in [1.82, 2.24) is 19.8 Å². The summed E-state index contributed by atoms with van der Waals surface area (Å²) in [5, 5.41) is 2.87. The SMILES string of the molecule is CCN(C(=O)c1cc(F)ccc1Oc1cncnc1NCOC(=O)N1CCOCC1)C(C)C. The van der Waals surface area contributed by atoms with Gasteiger partial charge in [-0.15, -0.1) is 0 Å². The van der Waals surface area contributed by atoms with E-state index in [1.165, 1.54) is 24.7 Å². The second-order valence-electron chi connectivity index (χ2n) is 7.49. The Labute approximate surface area is 191 Å². The number of benzene rings is 1. The van der Waals surface area contributed by atoms with Gasteiger partial charge in [0, 0.05) is 25.7 Å². The first-order chi connectivity index (χ1) is 15.9. The van der Waals surface area contributed by atoms with Gasteiger partial charge in [0.05, 0.1) is 25.0 Å². The van der Waals surface area contributed by atoms with Gasteiger partial charge in [-0.3, -0.25) is 4.79 Å². The van der Waals surface area contributed by atoms with Crippen LogP contribution >= 0.6 is 0 Å². The fourth-order valence-corrected chi connectivity index (χ4v) is 3.30. The molecule has 1 saturated heterocycles. The topological polar surface area (TPSA) is 106 Å². The fourth-order valence-electron chi connectivity index (χ4n) is 3.30. The van der Waals surface area contributed by atoms with Crippen molar-refractivity contribution >= 4 is 17.8 Å². The van der Waals surface area contributed by atoms with Crippen LogP contribution in [0, 0.1) is 5.82 Å². The maximum atomic E-state index is 14.0. The summed E-state index contributed by atoms with van der Waals surface area (Å²) >= 11 is 0. The molecule has 1 aliphatic rings. The van der Waals surface area contributed by atoms with E-state index in [0.717, 1.165) is 6.07 Å². The van der Waals surface area contributed by atoms with Crippen LogP contribution in [0.2, 0.25) is 0 Å². The molecule has 11 heteroatoms. The Bertz CT molecular complexity index is 968. The molecule has 0 bridgehead atoms. The van der Waals surface area contributed by atoms with E-state index in [0.29, 0.717) is 32.8 Å². The van der Waals surface area contributed by atoms with E-state index >= 15 is 0 Å². The van der Waals surface area contributed by atoms with Gasteiger partial charge in [-0.1, -0.05) is 0 Å². The smallest absolute Gasteiger partial charge is 0.411 e. The van der Waals surface area contributed by atoms with Gasteiger partial charge in [0.15, 0.2) is 18.3 Å². The Balaban J connectivity index is 1.73. The highest BCUT2D eigenvalue weighted by Gasteiger charge is 2.23. The van der Waals surface area contributed by atoms with E-state index in [4.69, 9.17) is 14.2 Å². The summed E-state index contributed by atoms with van der Waals surface area (Å²) in [6.07, 6.45) is 2.23. The molecule has 0 unspecified atom stereocenters. The van der Waals surface area contributed by atoms with E-state index in [-0.39, 0.29) is 41.6 Å². The van der Waals surface area contributed by atoms with Gasteiger partial charge in [0.1, 0.15) is 17.9 Å². The van der Waals surface area contributed by atoms with Gasteiger partial charge >= 0.3 is 6.09 Å². The van der Waals surface area contributed by atoms with E-state index in [1.807, 2.05) is 20.8 Å². The quantitative estimate of drug-likeness (QED) is 0.598. The van der Waals surface area contributed by atoms with Gasteiger partial charge in [-0.25, -0.2) is 19.2 Å². The molecule has 1 aromatic heterocycles. The number of carbonyl (C=O) groups is 2. The molecule has 2 amide bonds. The number of nitrogens with one attached hydrogen (secondary N) is 1. The normalized spacial score (nSPS) is 13.5. The monoisotopic (exact) mass is 461 g/mol. The van der Waals surface area contributed by atoms with Gasteiger partial charge in [0.25, 0.3) is 5.91 Å². The minimum atomic E-state index is -0.553. The molecule has 0 saturated carbocycles. The highest BCUT2D eigenvalue weighted by atomic mass is 19.1. The number of halogens is 1. The third-order valence-electron chi connectivity index (χ3n) is 5.00. The first-order valence-electron chi connectivity index (χ1n) is 10.7. The minimum absolute atomic E-state index is 0.0722. The highest BCUT2D eigenvalue weighted by Crippen LogP contribution is 2.31. The van der Waals surface area contributed by atoms with Crippen molar-refractivity contribution in [2.75, 3.05) is 44.9 Å². The summed E-state index contributed by atoms with van der Waals surface area (Å²) in [6, 6.07) is 3.66. The third kappa shape index (κ3) is 6.28. The minimum Gasteiger partial charge on any atom is -0.451 e. The summed E-state index contributed by atoms with van der Waals surface area (Å²) in [7, 11) is 0. The number of rotatable bonds is 8. The number of ether oxygens (including phenoxy) is 3. The van der Waals surface area contributed by atoms with Crippen molar-refractivity contribution in [1.29, 1.82) is 0 Å². The van der Waals surface area contributed by atoms with Crippen LogP contribution in [-0.2, 0) is 9.47 Å². The van der Waals surface area contributed by atoms with Crippen molar-refractivity contribution in [3.8, 4) is 11.5 Å². The van der Waals surface area contributed by atoms with Crippen LogP contribution in [0.3, 0.4) is 0 Å². The number of morpholine rings is 1. The fraction of sp³-hybridized carbons (Fsp3) is 0.455. The first kappa shape index (κ1) is 24.2. The average Bonchev–Trinajstić information content (AvgIpc) is 2.82. The molecule has 10 nitrogen and oxygen atoms in total. The molecule has 2 aromatic rings. The molecule has 0 spiro atoms. The summed E-state index contributed by atoms with van der Waals surface area (Å²) in [5.41, 5.74) is 0.0825. The third-order valence-corrected chi connectivity index (χ3v) is 5.00. The number of nitrogens with zero attached hydrogens (tertiary/aromatic N) is 4. The number of aromatic nitrogens is 2. The van der Waals surface area contributed by atoms with Gasteiger partial charge in [0.2, 0.25) is 0 Å². The number of carbonyl (C=O) groups excluding carboxylic acids is 2. The van der Waals surface area contributed by atoms with Crippen molar-refractivity contribution < 1.29 is 28.2 Å². The Morgan fingerprint density at radius 2 is 2.03 bits per heavy atom. The van der Waals surface area contributed by atoms with Crippen LogP contribution in [0.5, 0.6) is 11.5 Å². The van der Waals surface area contributed by atoms with Crippen molar-refractivity contribution in [3.05, 3.63) is 42.1 Å². The summed E-state index contributed by atoms with van der Waals surface area (Å²) in [4.78, 5) is 36.4. The van der Waals surface area contributed by atoms with Crippen LogP contribution in [0.4, 0.5) is 15.0 Å². The lowest BCUT2D eigenvalue weighted by molar-refractivity contribution is 0.0291. The Kier molecular flexibility index (Phi) is 8.36. The van der Waals surface area contributed by atoms with Crippen LogP contribution in [-0.4, -0.2) is 77.4 Å². The van der Waals surface area contributed by atoms with Gasteiger partial charge in [-0.2, -0.15) is 0 Å². The molecule has 2 heterocycles. The van der Waals surface area contributed by atoms with Gasteiger partial charge < -0.3 is 29.3 Å². The second kappa shape index (κ2) is 11.4. The Hall–Kier alpha value is -3.47. The molecule has 0 aliphatic carbocycles. The molecular weight excluding hydrogens is 433 g/mol. The number of amides is 2. The van der Waals surface area contributed by atoms with Crippen molar-refractivity contribution in [2.45, 2.75) is 26.8 Å². The summed E-state index contributed by atoms with van der Waals surface area (Å²) < 4.78 is 30.3. The van der Waals surface area contributed by atoms with E-state index in [9.17, 15) is 14.0 Å². The number of hydrogen-bond donors (Lipinski definition) is 1. The zero-order valence-corrected chi connectivity index (χ0v) is 18.9. The summed E-state index contributed by atoms with van der Waals surface area (Å²) in [5.74, 6) is -0.313. The molecule has 1 aromatic carbocycles. The lowest BCUT2D eigenvalue weighted by Gasteiger charge is -2.26. The molecule has 1 aliphatic heterocycles.